The van der Waals surface area contributed by atoms with Crippen molar-refractivity contribution in [2.75, 3.05) is 39.8 Å². The van der Waals surface area contributed by atoms with Crippen LogP contribution in [0.4, 0.5) is 0 Å². The zero-order valence-electron chi connectivity index (χ0n) is 11.2. The normalized spacial score (nSPS) is 26.6. The van der Waals surface area contributed by atoms with E-state index in [1.165, 1.54) is 0 Å². The standard InChI is InChI=1S/C12H27N3O/c1-11(2)10-15(8-7-14(11)4)6-5-12(3,16)9-13/h16H,5-10,13H2,1-4H3. The lowest BCUT2D eigenvalue weighted by molar-refractivity contribution is 0.0110. The number of nitrogens with two attached hydrogens (primary N) is 1. The molecule has 0 aromatic heterocycles. The van der Waals surface area contributed by atoms with E-state index < -0.39 is 5.60 Å². The lowest BCUT2D eigenvalue weighted by Crippen LogP contribution is -2.58. The topological polar surface area (TPSA) is 52.7 Å². The predicted octanol–water partition coefficient (Wildman–Crippen LogP) is 0.112. The van der Waals surface area contributed by atoms with Crippen LogP contribution in [0.2, 0.25) is 0 Å². The van der Waals surface area contributed by atoms with Gasteiger partial charge in [-0.25, -0.2) is 0 Å². The molecular formula is C12H27N3O. The minimum absolute atomic E-state index is 0.229. The SMILES string of the molecule is CN1CCN(CCC(C)(O)CN)CC1(C)C. The highest BCUT2D eigenvalue weighted by atomic mass is 16.3. The molecule has 96 valence electrons. The Balaban J connectivity index is 2.40. The first-order valence-corrected chi connectivity index (χ1v) is 6.13. The summed E-state index contributed by atoms with van der Waals surface area (Å²) in [5, 5.41) is 9.87. The number of nitrogens with zero attached hydrogens (tertiary/aromatic N) is 2. The third kappa shape index (κ3) is 3.70. The highest BCUT2D eigenvalue weighted by Gasteiger charge is 2.31. The van der Waals surface area contributed by atoms with Crippen molar-refractivity contribution in [2.45, 2.75) is 38.3 Å². The molecule has 1 unspecified atom stereocenters. The van der Waals surface area contributed by atoms with Crippen molar-refractivity contribution < 1.29 is 5.11 Å². The monoisotopic (exact) mass is 229 g/mol. The molecule has 0 spiro atoms. The van der Waals surface area contributed by atoms with Crippen LogP contribution >= 0.6 is 0 Å². The van der Waals surface area contributed by atoms with Gasteiger partial charge in [0, 0.05) is 38.3 Å². The largest absolute Gasteiger partial charge is 0.389 e. The summed E-state index contributed by atoms with van der Waals surface area (Å²) in [4.78, 5) is 4.81. The molecule has 1 heterocycles. The lowest BCUT2D eigenvalue weighted by atomic mass is 9.97. The fourth-order valence-electron chi connectivity index (χ4n) is 2.03. The molecule has 0 aliphatic carbocycles. The average molecular weight is 229 g/mol. The summed E-state index contributed by atoms with van der Waals surface area (Å²) in [5.74, 6) is 0. The molecule has 0 amide bonds. The third-order valence-corrected chi connectivity index (χ3v) is 3.80. The molecular weight excluding hydrogens is 202 g/mol. The van der Waals surface area contributed by atoms with Gasteiger partial charge in [0.1, 0.15) is 0 Å². The molecule has 4 heteroatoms. The first-order chi connectivity index (χ1) is 7.27. The molecule has 16 heavy (non-hydrogen) atoms. The Hall–Kier alpha value is -0.160. The second-order valence-corrected chi connectivity index (χ2v) is 5.96. The molecule has 4 nitrogen and oxygen atoms in total. The summed E-state index contributed by atoms with van der Waals surface area (Å²) in [6.45, 7) is 10.8. The van der Waals surface area contributed by atoms with Gasteiger partial charge in [-0.3, -0.25) is 4.90 Å². The van der Waals surface area contributed by atoms with Gasteiger partial charge in [-0.1, -0.05) is 0 Å². The Morgan fingerprint density at radius 3 is 2.50 bits per heavy atom. The van der Waals surface area contributed by atoms with Crippen LogP contribution in [0.3, 0.4) is 0 Å². The molecule has 3 N–H and O–H groups in total. The Labute approximate surface area is 99.4 Å². The average Bonchev–Trinajstić information content (AvgIpc) is 2.20. The fraction of sp³-hybridized carbons (Fsp3) is 1.00. The summed E-state index contributed by atoms with van der Waals surface area (Å²) in [6.07, 6.45) is 0.753. The van der Waals surface area contributed by atoms with Gasteiger partial charge in [0.05, 0.1) is 5.60 Å². The molecule has 1 saturated heterocycles. The van der Waals surface area contributed by atoms with Crippen LogP contribution in [0, 0.1) is 0 Å². The van der Waals surface area contributed by atoms with Gasteiger partial charge >= 0.3 is 0 Å². The van der Waals surface area contributed by atoms with E-state index in [2.05, 4.69) is 30.7 Å². The number of piperazine rings is 1. The highest BCUT2D eigenvalue weighted by Crippen LogP contribution is 2.19. The van der Waals surface area contributed by atoms with E-state index in [-0.39, 0.29) is 5.54 Å². The summed E-state index contributed by atoms with van der Waals surface area (Å²) in [6, 6.07) is 0. The number of aliphatic hydroxyl groups is 1. The maximum atomic E-state index is 9.87. The van der Waals surface area contributed by atoms with Crippen molar-refractivity contribution in [3.8, 4) is 0 Å². The summed E-state index contributed by atoms with van der Waals surface area (Å²) in [5.41, 5.74) is 5.03. The van der Waals surface area contributed by atoms with E-state index in [1.807, 2.05) is 6.92 Å². The quantitative estimate of drug-likeness (QED) is 0.718. The Morgan fingerprint density at radius 1 is 1.38 bits per heavy atom. The maximum absolute atomic E-state index is 9.87. The van der Waals surface area contributed by atoms with Crippen molar-refractivity contribution >= 4 is 0 Å². The summed E-state index contributed by atoms with van der Waals surface area (Å²) in [7, 11) is 2.17. The molecule has 0 aromatic carbocycles. The lowest BCUT2D eigenvalue weighted by Gasteiger charge is -2.45. The minimum Gasteiger partial charge on any atom is -0.389 e. The first-order valence-electron chi connectivity index (χ1n) is 6.13. The van der Waals surface area contributed by atoms with E-state index in [1.54, 1.807) is 0 Å². The van der Waals surface area contributed by atoms with Gasteiger partial charge in [-0.05, 0) is 34.2 Å². The van der Waals surface area contributed by atoms with Crippen LogP contribution in [-0.2, 0) is 0 Å². The van der Waals surface area contributed by atoms with Crippen LogP contribution in [0.5, 0.6) is 0 Å². The molecule has 1 aliphatic rings. The molecule has 1 aliphatic heterocycles. The van der Waals surface area contributed by atoms with Crippen LogP contribution in [0.25, 0.3) is 0 Å². The summed E-state index contributed by atoms with van der Waals surface area (Å²) < 4.78 is 0. The van der Waals surface area contributed by atoms with E-state index in [0.717, 1.165) is 32.6 Å². The van der Waals surface area contributed by atoms with E-state index >= 15 is 0 Å². The van der Waals surface area contributed by atoms with Gasteiger partial charge in [-0.15, -0.1) is 0 Å². The smallest absolute Gasteiger partial charge is 0.0753 e. The molecule has 0 radical (unpaired) electrons. The number of rotatable bonds is 4. The highest BCUT2D eigenvalue weighted by molar-refractivity contribution is 4.89. The minimum atomic E-state index is -0.715. The first kappa shape index (κ1) is 13.9. The van der Waals surface area contributed by atoms with Crippen molar-refractivity contribution in [3.63, 3.8) is 0 Å². The second kappa shape index (κ2) is 5.00. The second-order valence-electron chi connectivity index (χ2n) is 5.96. The molecule has 0 aromatic rings. The fourth-order valence-corrected chi connectivity index (χ4v) is 2.03. The van der Waals surface area contributed by atoms with E-state index in [9.17, 15) is 5.11 Å². The van der Waals surface area contributed by atoms with E-state index in [0.29, 0.717) is 6.54 Å². The van der Waals surface area contributed by atoms with Gasteiger partial charge in [0.2, 0.25) is 0 Å². The van der Waals surface area contributed by atoms with Gasteiger partial charge in [0.15, 0.2) is 0 Å². The Morgan fingerprint density at radius 2 is 2.00 bits per heavy atom. The van der Waals surface area contributed by atoms with Gasteiger partial charge in [-0.2, -0.15) is 0 Å². The van der Waals surface area contributed by atoms with Crippen molar-refractivity contribution in [3.05, 3.63) is 0 Å². The van der Waals surface area contributed by atoms with Gasteiger partial charge < -0.3 is 15.7 Å². The van der Waals surface area contributed by atoms with Crippen molar-refractivity contribution in [1.29, 1.82) is 0 Å². The third-order valence-electron chi connectivity index (χ3n) is 3.80. The number of likely N-dealkylation sites (N-methyl/N-ethyl adjacent to an activating group) is 1. The van der Waals surface area contributed by atoms with Crippen LogP contribution in [0.1, 0.15) is 27.2 Å². The Kier molecular flexibility index (Phi) is 4.35. The number of hydrogen-bond donors (Lipinski definition) is 2. The van der Waals surface area contributed by atoms with Gasteiger partial charge in [0.25, 0.3) is 0 Å². The number of hydrogen-bond acceptors (Lipinski definition) is 4. The zero-order valence-corrected chi connectivity index (χ0v) is 11.2. The zero-order chi connectivity index (χ0) is 12.4. The Bertz CT molecular complexity index is 228. The molecule has 1 rings (SSSR count). The predicted molar refractivity (Wildman–Crippen MR) is 67.4 cm³/mol. The van der Waals surface area contributed by atoms with Crippen molar-refractivity contribution in [1.82, 2.24) is 9.80 Å². The van der Waals surface area contributed by atoms with E-state index in [4.69, 9.17) is 5.73 Å². The van der Waals surface area contributed by atoms with Crippen molar-refractivity contribution in [2.24, 2.45) is 5.73 Å². The van der Waals surface area contributed by atoms with Crippen LogP contribution in [-0.4, -0.2) is 65.8 Å². The molecule has 1 atom stereocenters. The van der Waals surface area contributed by atoms with Crippen LogP contribution in [0.15, 0.2) is 0 Å². The summed E-state index contributed by atoms with van der Waals surface area (Å²) >= 11 is 0. The molecule has 0 saturated carbocycles. The molecule has 1 fully saturated rings. The molecule has 0 bridgehead atoms. The maximum Gasteiger partial charge on any atom is 0.0753 e. The van der Waals surface area contributed by atoms with Crippen LogP contribution < -0.4 is 5.73 Å².